The van der Waals surface area contributed by atoms with Gasteiger partial charge in [0.15, 0.2) is 6.61 Å². The molecule has 3 aromatic rings. The predicted octanol–water partition coefficient (Wildman–Crippen LogP) is 3.83. The van der Waals surface area contributed by atoms with E-state index in [0.717, 1.165) is 33.0 Å². The molecule has 0 saturated carbocycles. The van der Waals surface area contributed by atoms with E-state index in [1.165, 1.54) is 4.90 Å². The molecule has 1 amide bonds. The van der Waals surface area contributed by atoms with Crippen LogP contribution < -0.4 is 4.74 Å². The van der Waals surface area contributed by atoms with Crippen molar-refractivity contribution in [2.24, 2.45) is 0 Å². The normalized spacial score (nSPS) is 10.7. The molecule has 2 aromatic carbocycles. The Bertz CT molecular complexity index is 935. The zero-order valence-electron chi connectivity index (χ0n) is 16.6. The second kappa shape index (κ2) is 10.0. The summed E-state index contributed by atoms with van der Waals surface area (Å²) in [6, 6.07) is 15.5. The maximum atomic E-state index is 12.2. The molecule has 1 heterocycles. The minimum atomic E-state index is -0.364. The first kappa shape index (κ1) is 20.8. The van der Waals surface area contributed by atoms with Crippen molar-refractivity contribution in [1.82, 2.24) is 9.88 Å². The first-order valence-electron chi connectivity index (χ1n) is 9.42. The van der Waals surface area contributed by atoms with Crippen LogP contribution in [-0.2, 0) is 27.3 Å². The highest BCUT2D eigenvalue weighted by molar-refractivity contribution is 7.18. The van der Waals surface area contributed by atoms with E-state index in [2.05, 4.69) is 4.98 Å². The van der Waals surface area contributed by atoms with Crippen LogP contribution in [0.25, 0.3) is 10.2 Å². The molecule has 0 bridgehead atoms. The van der Waals surface area contributed by atoms with Crippen LogP contribution >= 0.6 is 11.3 Å². The van der Waals surface area contributed by atoms with Gasteiger partial charge < -0.3 is 14.4 Å². The topological polar surface area (TPSA) is 68.7 Å². The van der Waals surface area contributed by atoms with Crippen molar-refractivity contribution in [3.8, 4) is 5.75 Å². The number of para-hydroxylation sites is 1. The maximum Gasteiger partial charge on any atom is 0.306 e. The number of aromatic nitrogens is 1. The Hall–Kier alpha value is -2.93. The SMILES string of the molecule is COc1ccc(CN(C)C(=O)COC(=O)CCCc2nc3ccccc3s2)cc1. The number of methoxy groups -OCH3 is 1. The fourth-order valence-corrected chi connectivity index (χ4v) is 3.84. The van der Waals surface area contributed by atoms with Crippen molar-refractivity contribution in [3.05, 3.63) is 59.1 Å². The standard InChI is InChI=1S/C22H24N2O4S/c1-24(14-16-10-12-17(27-2)13-11-16)21(25)15-28-22(26)9-5-8-20-23-18-6-3-4-7-19(18)29-20/h3-4,6-7,10-13H,5,8-9,14-15H2,1-2H3. The Kier molecular flexibility index (Phi) is 7.19. The number of fused-ring (bicyclic) bond motifs is 1. The third-order valence-electron chi connectivity index (χ3n) is 4.47. The summed E-state index contributed by atoms with van der Waals surface area (Å²) in [5.41, 5.74) is 1.96. The van der Waals surface area contributed by atoms with Crippen molar-refractivity contribution < 1.29 is 19.1 Å². The number of carbonyl (C=O) groups is 2. The maximum absolute atomic E-state index is 12.2. The van der Waals surface area contributed by atoms with Gasteiger partial charge in [0.25, 0.3) is 5.91 Å². The molecule has 29 heavy (non-hydrogen) atoms. The Morgan fingerprint density at radius 1 is 1.10 bits per heavy atom. The Morgan fingerprint density at radius 2 is 1.86 bits per heavy atom. The van der Waals surface area contributed by atoms with Gasteiger partial charge in [0.05, 0.1) is 22.3 Å². The zero-order chi connectivity index (χ0) is 20.6. The monoisotopic (exact) mass is 412 g/mol. The third-order valence-corrected chi connectivity index (χ3v) is 5.57. The van der Waals surface area contributed by atoms with E-state index in [0.29, 0.717) is 13.0 Å². The van der Waals surface area contributed by atoms with Gasteiger partial charge in [0.2, 0.25) is 0 Å². The minimum absolute atomic E-state index is 0.236. The number of rotatable bonds is 9. The molecule has 0 atom stereocenters. The molecule has 0 unspecified atom stereocenters. The number of hydrogen-bond acceptors (Lipinski definition) is 6. The number of ether oxygens (including phenoxy) is 2. The number of nitrogens with zero attached hydrogens (tertiary/aromatic N) is 2. The molecule has 0 aliphatic carbocycles. The van der Waals surface area contributed by atoms with Crippen LogP contribution in [-0.4, -0.2) is 42.5 Å². The number of benzene rings is 2. The molecule has 0 fully saturated rings. The smallest absolute Gasteiger partial charge is 0.306 e. The van der Waals surface area contributed by atoms with E-state index in [4.69, 9.17) is 9.47 Å². The van der Waals surface area contributed by atoms with Gasteiger partial charge in [-0.2, -0.15) is 0 Å². The molecular weight excluding hydrogens is 388 g/mol. The van der Waals surface area contributed by atoms with Crippen LogP contribution in [0.2, 0.25) is 0 Å². The van der Waals surface area contributed by atoms with Crippen LogP contribution in [0.4, 0.5) is 0 Å². The van der Waals surface area contributed by atoms with Crippen molar-refractivity contribution >= 4 is 33.4 Å². The Labute approximate surface area is 174 Å². The number of carbonyl (C=O) groups excluding carboxylic acids is 2. The van der Waals surface area contributed by atoms with Crippen molar-refractivity contribution in [1.29, 1.82) is 0 Å². The average Bonchev–Trinajstić information content (AvgIpc) is 3.15. The molecule has 7 heteroatoms. The van der Waals surface area contributed by atoms with Gasteiger partial charge in [0, 0.05) is 20.0 Å². The third kappa shape index (κ3) is 6.02. The Balaban J connectivity index is 1.37. The fraction of sp³-hybridized carbons (Fsp3) is 0.318. The average molecular weight is 413 g/mol. The number of aryl methyl sites for hydroxylation is 1. The van der Waals surface area contributed by atoms with E-state index in [-0.39, 0.29) is 24.9 Å². The molecule has 0 aliphatic rings. The van der Waals surface area contributed by atoms with Gasteiger partial charge in [0.1, 0.15) is 5.75 Å². The van der Waals surface area contributed by atoms with Crippen LogP contribution in [0.5, 0.6) is 5.75 Å². The minimum Gasteiger partial charge on any atom is -0.497 e. The number of thiazole rings is 1. The summed E-state index contributed by atoms with van der Waals surface area (Å²) in [6.45, 7) is 0.199. The molecule has 0 N–H and O–H groups in total. The van der Waals surface area contributed by atoms with Crippen LogP contribution in [0.1, 0.15) is 23.4 Å². The summed E-state index contributed by atoms with van der Waals surface area (Å²) in [5.74, 6) is 0.167. The van der Waals surface area contributed by atoms with Crippen LogP contribution in [0.3, 0.4) is 0 Å². The summed E-state index contributed by atoms with van der Waals surface area (Å²) < 4.78 is 11.4. The quantitative estimate of drug-likeness (QED) is 0.500. The van der Waals surface area contributed by atoms with Gasteiger partial charge in [-0.15, -0.1) is 11.3 Å². The van der Waals surface area contributed by atoms with E-state index >= 15 is 0 Å². The van der Waals surface area contributed by atoms with Gasteiger partial charge in [-0.1, -0.05) is 24.3 Å². The van der Waals surface area contributed by atoms with Crippen molar-refractivity contribution in [2.45, 2.75) is 25.8 Å². The zero-order valence-corrected chi connectivity index (χ0v) is 17.4. The van der Waals surface area contributed by atoms with Gasteiger partial charge in [-0.3, -0.25) is 9.59 Å². The Morgan fingerprint density at radius 3 is 2.59 bits per heavy atom. The molecule has 1 aromatic heterocycles. The molecule has 6 nitrogen and oxygen atoms in total. The lowest BCUT2D eigenvalue weighted by Gasteiger charge is -2.17. The van der Waals surface area contributed by atoms with Gasteiger partial charge in [-0.05, 0) is 42.7 Å². The fourth-order valence-electron chi connectivity index (χ4n) is 2.83. The summed E-state index contributed by atoms with van der Waals surface area (Å²) in [6.07, 6.45) is 1.64. The molecule has 3 rings (SSSR count). The second-order valence-electron chi connectivity index (χ2n) is 6.69. The van der Waals surface area contributed by atoms with Gasteiger partial charge in [-0.25, -0.2) is 4.98 Å². The molecule has 0 aliphatic heterocycles. The van der Waals surface area contributed by atoms with E-state index in [1.54, 1.807) is 25.5 Å². The number of amides is 1. The van der Waals surface area contributed by atoms with Crippen molar-refractivity contribution in [3.63, 3.8) is 0 Å². The molecule has 0 spiro atoms. The summed E-state index contributed by atoms with van der Waals surface area (Å²) in [5, 5.41) is 1.01. The van der Waals surface area contributed by atoms with Crippen LogP contribution in [0.15, 0.2) is 48.5 Å². The molecular formula is C22H24N2O4S. The molecule has 152 valence electrons. The summed E-state index contributed by atoms with van der Waals surface area (Å²) >= 11 is 1.64. The lowest BCUT2D eigenvalue weighted by atomic mass is 10.2. The van der Waals surface area contributed by atoms with E-state index in [9.17, 15) is 9.59 Å². The first-order chi connectivity index (χ1) is 14.0. The first-order valence-corrected chi connectivity index (χ1v) is 10.2. The van der Waals surface area contributed by atoms with Crippen LogP contribution in [0, 0.1) is 0 Å². The summed E-state index contributed by atoms with van der Waals surface area (Å²) in [7, 11) is 3.30. The molecule has 0 saturated heterocycles. The number of hydrogen-bond donors (Lipinski definition) is 0. The van der Waals surface area contributed by atoms with E-state index in [1.807, 2.05) is 48.5 Å². The van der Waals surface area contributed by atoms with Gasteiger partial charge >= 0.3 is 5.97 Å². The van der Waals surface area contributed by atoms with E-state index < -0.39 is 0 Å². The number of likely N-dealkylation sites (N-methyl/N-ethyl adjacent to an activating group) is 1. The largest absolute Gasteiger partial charge is 0.497 e. The highest BCUT2D eigenvalue weighted by Crippen LogP contribution is 2.22. The molecule has 0 radical (unpaired) electrons. The highest BCUT2D eigenvalue weighted by atomic mass is 32.1. The lowest BCUT2D eigenvalue weighted by Crippen LogP contribution is -2.30. The number of esters is 1. The summed E-state index contributed by atoms with van der Waals surface area (Å²) in [4.78, 5) is 30.2. The van der Waals surface area contributed by atoms with Crippen molar-refractivity contribution in [2.75, 3.05) is 20.8 Å². The predicted molar refractivity (Wildman–Crippen MR) is 113 cm³/mol. The lowest BCUT2D eigenvalue weighted by molar-refractivity contribution is -0.151. The second-order valence-corrected chi connectivity index (χ2v) is 7.80. The highest BCUT2D eigenvalue weighted by Gasteiger charge is 2.13.